The van der Waals surface area contributed by atoms with Crippen LogP contribution in [0.1, 0.15) is 68.7 Å². The van der Waals surface area contributed by atoms with E-state index in [-0.39, 0.29) is 35.7 Å². The fourth-order valence-corrected chi connectivity index (χ4v) is 2.87. The number of aromatic carboxylic acids is 1. The smallest absolute Gasteiger partial charge is 0.339 e. The summed E-state index contributed by atoms with van der Waals surface area (Å²) in [6, 6.07) is 5.81. The third-order valence-corrected chi connectivity index (χ3v) is 4.85. The monoisotopic (exact) mass is 378 g/mol. The lowest BCUT2D eigenvalue weighted by Gasteiger charge is -2.40. The molecule has 1 unspecified atom stereocenters. The van der Waals surface area contributed by atoms with Crippen LogP contribution in [0.3, 0.4) is 0 Å². The highest BCUT2D eigenvalue weighted by atomic mass is 16.6. The molecule has 0 saturated carbocycles. The van der Waals surface area contributed by atoms with Gasteiger partial charge in [0, 0.05) is 0 Å². The second kappa shape index (κ2) is 9.02. The fourth-order valence-electron chi connectivity index (χ4n) is 2.87. The van der Waals surface area contributed by atoms with Gasteiger partial charge in [-0.25, -0.2) is 9.59 Å². The molecule has 0 aliphatic carbocycles. The van der Waals surface area contributed by atoms with Gasteiger partial charge in [0.05, 0.1) is 16.5 Å². The summed E-state index contributed by atoms with van der Waals surface area (Å²) in [5.41, 5.74) is -1.11. The summed E-state index contributed by atoms with van der Waals surface area (Å²) in [5, 5.41) is 9.12. The predicted molar refractivity (Wildman–Crippen MR) is 102 cm³/mol. The predicted octanol–water partition coefficient (Wildman–Crippen LogP) is 4.18. The first-order chi connectivity index (χ1) is 12.4. The Morgan fingerprint density at radius 1 is 0.963 bits per heavy atom. The van der Waals surface area contributed by atoms with Gasteiger partial charge in [0.25, 0.3) is 0 Å². The first-order valence-electron chi connectivity index (χ1n) is 9.07. The van der Waals surface area contributed by atoms with E-state index < -0.39 is 17.4 Å². The van der Waals surface area contributed by atoms with Crippen molar-refractivity contribution < 1.29 is 29.0 Å². The number of carbonyl (C=O) groups excluding carboxylic acids is 2. The SMILES string of the molecule is CC(C)CC(C)(C(=O)OCCOC(=O)c1ccccc1C(=O)O)C(C)(C)C. The molecule has 0 aliphatic heterocycles. The number of carboxylic acid groups (broad SMARTS) is 1. The molecule has 0 aliphatic rings. The van der Waals surface area contributed by atoms with Crippen LogP contribution in [0.5, 0.6) is 0 Å². The van der Waals surface area contributed by atoms with Gasteiger partial charge in [-0.2, -0.15) is 0 Å². The van der Waals surface area contributed by atoms with E-state index in [2.05, 4.69) is 13.8 Å². The van der Waals surface area contributed by atoms with Crippen molar-refractivity contribution in [1.29, 1.82) is 0 Å². The minimum absolute atomic E-state index is 0.0318. The van der Waals surface area contributed by atoms with Gasteiger partial charge in [0.1, 0.15) is 13.2 Å². The molecule has 1 rings (SSSR count). The van der Waals surface area contributed by atoms with Crippen molar-refractivity contribution in [2.75, 3.05) is 13.2 Å². The average molecular weight is 378 g/mol. The van der Waals surface area contributed by atoms with Crippen molar-refractivity contribution in [3.05, 3.63) is 35.4 Å². The number of ether oxygens (including phenoxy) is 2. The number of rotatable bonds is 8. The maximum Gasteiger partial charge on any atom is 0.339 e. The van der Waals surface area contributed by atoms with Crippen molar-refractivity contribution in [3.8, 4) is 0 Å². The average Bonchev–Trinajstić information content (AvgIpc) is 2.56. The number of hydrogen-bond donors (Lipinski definition) is 1. The molecule has 1 N–H and O–H groups in total. The maximum atomic E-state index is 12.7. The number of esters is 2. The van der Waals surface area contributed by atoms with Crippen LogP contribution in [-0.2, 0) is 14.3 Å². The Morgan fingerprint density at radius 2 is 1.48 bits per heavy atom. The van der Waals surface area contributed by atoms with E-state index in [4.69, 9.17) is 14.6 Å². The molecular formula is C21H30O6. The number of hydrogen-bond acceptors (Lipinski definition) is 5. The van der Waals surface area contributed by atoms with E-state index in [1.807, 2.05) is 27.7 Å². The van der Waals surface area contributed by atoms with Crippen LogP contribution in [-0.4, -0.2) is 36.2 Å². The highest BCUT2D eigenvalue weighted by Gasteiger charge is 2.45. The second-order valence-corrected chi connectivity index (χ2v) is 8.30. The Bertz CT molecular complexity index is 686. The summed E-state index contributed by atoms with van der Waals surface area (Å²) in [6.07, 6.45) is 0.682. The molecule has 0 radical (unpaired) electrons. The first kappa shape index (κ1) is 22.7. The lowest BCUT2D eigenvalue weighted by molar-refractivity contribution is -0.164. The lowest BCUT2D eigenvalue weighted by Crippen LogP contribution is -2.43. The van der Waals surface area contributed by atoms with E-state index in [0.717, 1.165) is 0 Å². The largest absolute Gasteiger partial charge is 0.478 e. The van der Waals surface area contributed by atoms with Crippen molar-refractivity contribution in [2.45, 2.75) is 48.0 Å². The lowest BCUT2D eigenvalue weighted by atomic mass is 9.64. The quantitative estimate of drug-likeness (QED) is 0.539. The summed E-state index contributed by atoms with van der Waals surface area (Å²) in [6.45, 7) is 11.8. The zero-order valence-electron chi connectivity index (χ0n) is 17.0. The van der Waals surface area contributed by atoms with Crippen LogP contribution in [0.2, 0.25) is 0 Å². The molecule has 1 aromatic rings. The molecule has 0 saturated heterocycles. The summed E-state index contributed by atoms with van der Waals surface area (Å²) in [5.74, 6) is -1.97. The van der Waals surface area contributed by atoms with Gasteiger partial charge in [-0.15, -0.1) is 0 Å². The molecule has 1 aromatic carbocycles. The zero-order chi connectivity index (χ0) is 20.8. The van der Waals surface area contributed by atoms with Gasteiger partial charge >= 0.3 is 17.9 Å². The number of carboxylic acids is 1. The molecule has 0 fully saturated rings. The van der Waals surface area contributed by atoms with E-state index >= 15 is 0 Å². The Morgan fingerprint density at radius 3 is 1.96 bits per heavy atom. The molecule has 1 atom stereocenters. The van der Waals surface area contributed by atoms with Crippen molar-refractivity contribution in [1.82, 2.24) is 0 Å². The van der Waals surface area contributed by atoms with Crippen LogP contribution in [0, 0.1) is 16.7 Å². The van der Waals surface area contributed by atoms with Gasteiger partial charge in [0.15, 0.2) is 0 Å². The fraction of sp³-hybridized carbons (Fsp3) is 0.571. The van der Waals surface area contributed by atoms with Crippen LogP contribution in [0.25, 0.3) is 0 Å². The minimum atomic E-state index is -1.20. The van der Waals surface area contributed by atoms with Crippen molar-refractivity contribution >= 4 is 17.9 Å². The summed E-state index contributed by atoms with van der Waals surface area (Å²) in [4.78, 5) is 35.9. The van der Waals surface area contributed by atoms with Gasteiger partial charge < -0.3 is 14.6 Å². The second-order valence-electron chi connectivity index (χ2n) is 8.30. The van der Waals surface area contributed by atoms with E-state index in [1.165, 1.54) is 18.2 Å². The molecule has 27 heavy (non-hydrogen) atoms. The minimum Gasteiger partial charge on any atom is -0.478 e. The molecule has 6 heteroatoms. The van der Waals surface area contributed by atoms with Crippen LogP contribution < -0.4 is 0 Å². The third kappa shape index (κ3) is 5.81. The van der Waals surface area contributed by atoms with Crippen molar-refractivity contribution in [2.24, 2.45) is 16.7 Å². The summed E-state index contributed by atoms with van der Waals surface area (Å²) in [7, 11) is 0. The topological polar surface area (TPSA) is 89.9 Å². The number of carbonyl (C=O) groups is 3. The van der Waals surface area contributed by atoms with Crippen LogP contribution >= 0.6 is 0 Å². The molecule has 0 aromatic heterocycles. The zero-order valence-corrected chi connectivity index (χ0v) is 17.0. The summed E-state index contributed by atoms with van der Waals surface area (Å²) >= 11 is 0. The molecule has 0 bridgehead atoms. The van der Waals surface area contributed by atoms with Gasteiger partial charge in [-0.05, 0) is 36.8 Å². The van der Waals surface area contributed by atoms with Crippen molar-refractivity contribution in [3.63, 3.8) is 0 Å². The number of benzene rings is 1. The molecule has 6 nitrogen and oxygen atoms in total. The van der Waals surface area contributed by atoms with Gasteiger partial charge in [0.2, 0.25) is 0 Å². The Kier molecular flexibility index (Phi) is 7.57. The molecule has 150 valence electrons. The Hall–Kier alpha value is -2.37. The van der Waals surface area contributed by atoms with Gasteiger partial charge in [-0.1, -0.05) is 46.8 Å². The van der Waals surface area contributed by atoms with Crippen LogP contribution in [0.4, 0.5) is 0 Å². The standard InChI is InChI=1S/C21H30O6/c1-14(2)13-21(6,20(3,4)5)19(25)27-12-11-26-18(24)16-10-8-7-9-15(16)17(22)23/h7-10,14H,11-13H2,1-6H3,(H,22,23). The highest BCUT2D eigenvalue weighted by molar-refractivity contribution is 6.02. The Balaban J connectivity index is 2.66. The Labute approximate surface area is 160 Å². The van der Waals surface area contributed by atoms with E-state index in [9.17, 15) is 14.4 Å². The maximum absolute atomic E-state index is 12.7. The van der Waals surface area contributed by atoms with E-state index in [0.29, 0.717) is 12.3 Å². The first-order valence-corrected chi connectivity index (χ1v) is 9.07. The summed E-state index contributed by atoms with van der Waals surface area (Å²) < 4.78 is 10.4. The van der Waals surface area contributed by atoms with Gasteiger partial charge in [-0.3, -0.25) is 4.79 Å². The third-order valence-electron chi connectivity index (χ3n) is 4.85. The molecule has 0 amide bonds. The molecule has 0 spiro atoms. The van der Waals surface area contributed by atoms with E-state index in [1.54, 1.807) is 6.07 Å². The highest BCUT2D eigenvalue weighted by Crippen LogP contribution is 2.44. The van der Waals surface area contributed by atoms with Crippen LogP contribution in [0.15, 0.2) is 24.3 Å². The molecule has 0 heterocycles. The molecular weight excluding hydrogens is 348 g/mol. The normalized spacial score (nSPS) is 13.7.